The van der Waals surface area contributed by atoms with Crippen molar-refractivity contribution in [3.05, 3.63) is 105 Å². The van der Waals surface area contributed by atoms with Crippen LogP contribution in [0.2, 0.25) is 0 Å². The summed E-state index contributed by atoms with van der Waals surface area (Å²) in [6, 6.07) is 22.9. The zero-order chi connectivity index (χ0) is 95.6. The number of nitrogens with zero attached hydrogens (tertiary/aromatic N) is 25. The van der Waals surface area contributed by atoms with Gasteiger partial charge in [0.15, 0.2) is 18.5 Å². The van der Waals surface area contributed by atoms with Crippen molar-refractivity contribution in [2.45, 2.75) is 194 Å². The smallest absolute Gasteiger partial charge is 1.00 e. The van der Waals surface area contributed by atoms with E-state index in [1.165, 1.54) is 503 Å². The van der Waals surface area contributed by atoms with E-state index in [0.29, 0.717) is 37.0 Å². The first kappa shape index (κ1) is 110. The van der Waals surface area contributed by atoms with Crippen molar-refractivity contribution in [3.8, 4) is 0 Å². The fraction of sp³-hybridized carbons (Fsp3) is 0.838. The van der Waals surface area contributed by atoms with Gasteiger partial charge in [0, 0.05) is 368 Å². The number of rotatable bonds is 15. The summed E-state index contributed by atoms with van der Waals surface area (Å²) in [5, 5.41) is 14.2. The average Bonchev–Trinajstić information content (AvgIpc) is 0.723. The second-order valence-electron chi connectivity index (χ2n) is 48.2. The summed E-state index contributed by atoms with van der Waals surface area (Å²) in [7, 11) is 0. The third kappa shape index (κ3) is 26.5. The van der Waals surface area contributed by atoms with Gasteiger partial charge in [-0.05, 0) is 201 Å². The molecule has 9 atom stereocenters. The van der Waals surface area contributed by atoms with E-state index in [0.717, 1.165) is 107 Å². The molecule has 28 nitrogen and oxygen atoms in total. The van der Waals surface area contributed by atoms with E-state index in [-0.39, 0.29) is 39.4 Å². The van der Waals surface area contributed by atoms with Crippen molar-refractivity contribution in [3.63, 3.8) is 0 Å². The molecule has 797 valence electrons. The van der Waals surface area contributed by atoms with Gasteiger partial charge in [-0.1, -0.05) is 84.2 Å². The number of alkyl halides is 3. The Kier molecular flexibility index (Phi) is 40.4. The quantitative estimate of drug-likeness (QED) is 0.118. The van der Waals surface area contributed by atoms with Crippen LogP contribution in [0.25, 0.3) is 0 Å². The topological polar surface area (TPSA) is 107 Å². The van der Waals surface area contributed by atoms with Gasteiger partial charge < -0.3 is 60.2 Å². The molecule has 144 heavy (non-hydrogen) atoms. The van der Waals surface area contributed by atoms with Gasteiger partial charge in [-0.15, -0.1) is 0 Å². The number of halogens is 3. The minimum absolute atomic E-state index is 0. The van der Waals surface area contributed by atoms with Gasteiger partial charge in [0.1, 0.15) is 38.1 Å². The van der Waals surface area contributed by atoms with Gasteiger partial charge in [-0.2, -0.15) is 0 Å². The minimum Gasteiger partial charge on any atom is -1.00 e. The van der Waals surface area contributed by atoms with Crippen LogP contribution >= 0.6 is 47.8 Å². The number of hydrogen-bond donors (Lipinski definition) is 3. The molecule has 33 heteroatoms. The van der Waals surface area contributed by atoms with E-state index >= 15 is 0 Å². The standard InChI is InChI=1S/C45H75N12.C45H84N12.C12H22N4.C9H9Br3.B.Na.H/c1-7-46-16-19-52-13-4-25-55(28-22-49(10-1)40(46)43(52)55)34-37-31-38(35-56-26-5-14-53-20-17-47-8-2-11-50(23-29-56)41(47)44(53)56)33-39(32-37)36-57-27-6-15-54-21-18-48-9-3-12-51(24-30-57)42(48)45(54)57;1-7-46-10-22-55(19-4-16-52-31-25-49(13-1)26-32-52)40-43-37-44(41-56-20-5-17-53-33-27-50(28-34-53)14-2-8-47-11-23-56)39-45(38-43)42-57-21-6-18-54-35-29-51(30-36-54)15-3-9-48-12-24-57;1-3-13-7-9-15-5-2-6-16-10-8-14(4-1)11(13)12(15)16;10-4-7-1-8(5-11)3-9(2-7)6-12;;;/h31-33,40-45H,1-30,34-36H2;37-39,46-48H,1-36,40-42H2;11-12H,1-10H2;1-3H,4-6H2;;;/q+3;;;;;+1;-1. The van der Waals surface area contributed by atoms with Crippen molar-refractivity contribution in [2.75, 3.05) is 406 Å². The fourth-order valence-electron chi connectivity index (χ4n) is 32.3. The Morgan fingerprint density at radius 1 is 0.201 bits per heavy atom. The molecule has 25 aliphatic heterocycles. The first-order chi connectivity index (χ1) is 70.0. The number of benzene rings is 3. The second kappa shape index (κ2) is 52.9. The van der Waals surface area contributed by atoms with E-state index in [9.17, 15) is 0 Å². The van der Waals surface area contributed by atoms with Crippen molar-refractivity contribution in [1.29, 1.82) is 0 Å². The van der Waals surface area contributed by atoms with E-state index in [2.05, 4.69) is 226 Å². The van der Waals surface area contributed by atoms with E-state index in [1.54, 1.807) is 16.7 Å². The molecule has 3 radical (unpaired) electrons. The second-order valence-corrected chi connectivity index (χ2v) is 49.9. The third-order valence-electron chi connectivity index (χ3n) is 39.1. The fourth-order valence-corrected chi connectivity index (χ4v) is 33.3. The molecule has 0 spiro atoms. The molecular weight excluding hydrogens is 2000 g/mol. The Bertz CT molecular complexity index is 3940. The zero-order valence-corrected chi connectivity index (χ0v) is 96.6. The molecule has 3 aromatic rings. The van der Waals surface area contributed by atoms with Gasteiger partial charge in [0.2, 0.25) is 0 Å². The number of quaternary nitrogens is 3. The summed E-state index contributed by atoms with van der Waals surface area (Å²) in [4.78, 5) is 61.9. The normalized spacial score (nSPS) is 36.1. The molecule has 0 saturated carbocycles. The number of fused-ring (bicyclic) bond motifs is 33. The summed E-state index contributed by atoms with van der Waals surface area (Å²) < 4.78 is 3.93. The van der Waals surface area contributed by atoms with Crippen LogP contribution in [0.15, 0.2) is 54.6 Å². The van der Waals surface area contributed by atoms with Crippen molar-refractivity contribution in [1.82, 2.24) is 124 Å². The minimum atomic E-state index is 0. The van der Waals surface area contributed by atoms with Gasteiger partial charge >= 0.3 is 29.6 Å². The largest absolute Gasteiger partial charge is 1.00 e. The Morgan fingerprint density at radius 2 is 0.410 bits per heavy atom. The molecule has 25 heterocycles. The monoisotopic (exact) mass is 2190 g/mol. The molecule has 6 bridgehead atoms. The third-order valence-corrected chi connectivity index (χ3v) is 41.1. The molecule has 0 amide bonds. The number of hydrogen-bond acceptors (Lipinski definition) is 25. The van der Waals surface area contributed by atoms with Crippen molar-refractivity contribution in [2.24, 2.45) is 0 Å². The van der Waals surface area contributed by atoms with Crippen LogP contribution in [-0.2, 0) is 55.3 Å². The number of piperazine rings is 11. The van der Waals surface area contributed by atoms with Gasteiger partial charge in [0.05, 0.1) is 51.6 Å². The van der Waals surface area contributed by atoms with Crippen LogP contribution in [-0.4, -0.2) is 585 Å². The van der Waals surface area contributed by atoms with E-state index < -0.39 is 0 Å². The van der Waals surface area contributed by atoms with Crippen LogP contribution in [0, 0.1) is 0 Å². The predicted molar refractivity (Wildman–Crippen MR) is 594 cm³/mol. The summed E-state index contributed by atoms with van der Waals surface area (Å²) in [6.07, 6.45) is 23.8. The molecule has 25 saturated heterocycles. The summed E-state index contributed by atoms with van der Waals surface area (Å²) in [5.74, 6) is 0. The summed E-state index contributed by atoms with van der Waals surface area (Å²) in [5.41, 5.74) is 13.6. The summed E-state index contributed by atoms with van der Waals surface area (Å²) in [6.45, 7) is 84.8. The van der Waals surface area contributed by atoms with Crippen LogP contribution < -0.4 is 45.5 Å². The maximum atomic E-state index is 3.82. The molecular formula is C111H191BBr3N28Na+3. The SMILES string of the molecule is BrCc1cc(CBr)cc(CBr)c1.C1CN2CCN3CCCN4CCN(C1)C2C34.[B].[H-].[Na+].c1c(CN2CCCN3CCN(CCCNCC2)CC3)cc(CN2CCCN3CCN(CCCNCC2)CC3)cc1CN1CCCN2CCN(CCCNCC1)CC2.c1c(C[N+]23CCCN4CCN5CCCN(CC2)C5C43)cc(C[N+]23CCCN4CCN5CCCN(CC2)C5C43)cc1C[N+]12CCCN3CCN4CCCN(CC1)C4C32. The van der Waals surface area contributed by atoms with Crippen molar-refractivity contribution < 1.29 is 44.4 Å². The van der Waals surface area contributed by atoms with E-state index in [1.807, 2.05) is 0 Å². The van der Waals surface area contributed by atoms with Crippen LogP contribution in [0.3, 0.4) is 0 Å². The molecule has 25 fully saturated rings. The zero-order valence-electron chi connectivity index (χ0n) is 90.8. The van der Waals surface area contributed by atoms with Gasteiger partial charge in [-0.3, -0.25) is 78.4 Å². The molecule has 3 aromatic carbocycles. The molecule has 3 N–H and O–H groups in total. The van der Waals surface area contributed by atoms with Crippen LogP contribution in [0.5, 0.6) is 0 Å². The molecule has 0 aromatic heterocycles. The summed E-state index contributed by atoms with van der Waals surface area (Å²) >= 11 is 10.4. The first-order valence-electron chi connectivity index (χ1n) is 58.9. The Morgan fingerprint density at radius 3 is 0.667 bits per heavy atom. The van der Waals surface area contributed by atoms with Crippen LogP contribution in [0.4, 0.5) is 0 Å². The van der Waals surface area contributed by atoms with Gasteiger partial charge in [-0.25, -0.2) is 0 Å². The predicted octanol–water partition coefficient (Wildman–Crippen LogP) is 2.70. The Balaban J connectivity index is 0.000000142. The number of nitrogens with one attached hydrogen (secondary N) is 3. The maximum absolute atomic E-state index is 3.82. The average molecular weight is 2190 g/mol. The molecule has 25 aliphatic rings. The Hall–Kier alpha value is -0.955. The molecule has 28 rings (SSSR count). The molecule has 9 unspecified atom stereocenters. The van der Waals surface area contributed by atoms with Crippen molar-refractivity contribution >= 4 is 56.2 Å². The van der Waals surface area contributed by atoms with E-state index in [4.69, 9.17) is 0 Å². The molecule has 0 aliphatic carbocycles. The van der Waals surface area contributed by atoms with Crippen LogP contribution in [0.1, 0.15) is 141 Å². The van der Waals surface area contributed by atoms with Gasteiger partial charge in [0.25, 0.3) is 0 Å². The first-order valence-corrected chi connectivity index (χ1v) is 62.2. The maximum Gasteiger partial charge on any atom is 1.00 e. The Labute approximate surface area is 921 Å².